The molecule has 0 bridgehead atoms. The van der Waals surface area contributed by atoms with E-state index in [1.54, 1.807) is 0 Å². The van der Waals surface area contributed by atoms with Crippen LogP contribution in [0.15, 0.2) is 6.07 Å². The van der Waals surface area contributed by atoms with Gasteiger partial charge >= 0.3 is 6.03 Å². The van der Waals surface area contributed by atoms with Crippen molar-refractivity contribution in [3.05, 3.63) is 23.0 Å². The standard InChI is InChI=1S/C20H28N4O3/c1-5-15-6-8-20(9-7-15)18(26)24(19(27)23-20)11-16(25)22-17-12(2)10-13(3)21-14(17)4/h10,15H,5-9,11H2,1-4H3,(H,22,25)(H,23,27). The molecule has 1 saturated carbocycles. The summed E-state index contributed by atoms with van der Waals surface area (Å²) < 4.78 is 0. The van der Waals surface area contributed by atoms with Gasteiger partial charge in [0, 0.05) is 5.69 Å². The molecule has 1 aliphatic carbocycles. The van der Waals surface area contributed by atoms with Crippen LogP contribution in [0.25, 0.3) is 0 Å². The first-order chi connectivity index (χ1) is 12.8. The van der Waals surface area contributed by atoms with E-state index in [9.17, 15) is 14.4 Å². The van der Waals surface area contributed by atoms with E-state index in [0.29, 0.717) is 30.1 Å². The maximum Gasteiger partial charge on any atom is 0.325 e. The number of anilines is 1. The molecule has 0 aromatic carbocycles. The van der Waals surface area contributed by atoms with Crippen molar-refractivity contribution in [3.63, 3.8) is 0 Å². The predicted octanol–water partition coefficient (Wildman–Crippen LogP) is 2.84. The largest absolute Gasteiger partial charge is 0.325 e. The van der Waals surface area contributed by atoms with E-state index < -0.39 is 17.5 Å². The molecule has 3 rings (SSSR count). The summed E-state index contributed by atoms with van der Waals surface area (Å²) in [4.78, 5) is 43.2. The van der Waals surface area contributed by atoms with E-state index in [2.05, 4.69) is 22.5 Å². The zero-order valence-electron chi connectivity index (χ0n) is 16.5. The highest BCUT2D eigenvalue weighted by Crippen LogP contribution is 2.37. The van der Waals surface area contributed by atoms with Crippen LogP contribution in [0.5, 0.6) is 0 Å². The minimum absolute atomic E-state index is 0.271. The van der Waals surface area contributed by atoms with Gasteiger partial charge in [0.05, 0.1) is 11.4 Å². The number of aryl methyl sites for hydroxylation is 3. The highest BCUT2D eigenvalue weighted by atomic mass is 16.2. The fraction of sp³-hybridized carbons (Fsp3) is 0.600. The van der Waals surface area contributed by atoms with Crippen LogP contribution in [0.3, 0.4) is 0 Å². The van der Waals surface area contributed by atoms with Gasteiger partial charge in [0.2, 0.25) is 5.91 Å². The van der Waals surface area contributed by atoms with E-state index in [1.165, 1.54) is 0 Å². The summed E-state index contributed by atoms with van der Waals surface area (Å²) in [6.45, 7) is 7.48. The molecule has 2 heterocycles. The van der Waals surface area contributed by atoms with E-state index in [-0.39, 0.29) is 12.5 Å². The van der Waals surface area contributed by atoms with Crippen LogP contribution >= 0.6 is 0 Å². The highest BCUT2D eigenvalue weighted by Gasteiger charge is 2.52. The first-order valence-electron chi connectivity index (χ1n) is 9.64. The molecule has 0 unspecified atom stereocenters. The molecule has 2 fully saturated rings. The van der Waals surface area contributed by atoms with Crippen LogP contribution < -0.4 is 10.6 Å². The first-order valence-corrected chi connectivity index (χ1v) is 9.64. The zero-order valence-corrected chi connectivity index (χ0v) is 16.5. The Morgan fingerprint density at radius 3 is 2.56 bits per heavy atom. The molecule has 1 aromatic rings. The van der Waals surface area contributed by atoms with Crippen molar-refractivity contribution in [2.45, 2.75) is 65.3 Å². The molecule has 1 saturated heterocycles. The van der Waals surface area contributed by atoms with Crippen LogP contribution in [0, 0.1) is 26.7 Å². The first kappa shape index (κ1) is 19.3. The molecule has 2 aliphatic rings. The van der Waals surface area contributed by atoms with E-state index in [1.807, 2.05) is 26.8 Å². The smallest absolute Gasteiger partial charge is 0.323 e. The quantitative estimate of drug-likeness (QED) is 0.795. The molecule has 146 valence electrons. The summed E-state index contributed by atoms with van der Waals surface area (Å²) in [6.07, 6.45) is 4.24. The number of hydrogen-bond acceptors (Lipinski definition) is 4. The Hall–Kier alpha value is -2.44. The molecule has 1 aromatic heterocycles. The van der Waals surface area contributed by atoms with E-state index >= 15 is 0 Å². The van der Waals surface area contributed by atoms with Crippen molar-refractivity contribution in [2.75, 3.05) is 11.9 Å². The van der Waals surface area contributed by atoms with Gasteiger partial charge in [-0.15, -0.1) is 0 Å². The maximum atomic E-state index is 12.9. The third-order valence-corrected chi connectivity index (χ3v) is 5.87. The summed E-state index contributed by atoms with van der Waals surface area (Å²) in [5.41, 5.74) is 2.31. The van der Waals surface area contributed by atoms with Crippen molar-refractivity contribution < 1.29 is 14.4 Å². The molecule has 0 radical (unpaired) electrons. The highest BCUT2D eigenvalue weighted by molar-refractivity contribution is 6.10. The summed E-state index contributed by atoms with van der Waals surface area (Å²) in [5.74, 6) is -0.0556. The molecule has 7 nitrogen and oxygen atoms in total. The average Bonchev–Trinajstić information content (AvgIpc) is 2.83. The molecule has 0 atom stereocenters. The average molecular weight is 372 g/mol. The minimum Gasteiger partial charge on any atom is -0.323 e. The zero-order chi connectivity index (χ0) is 19.8. The van der Waals surface area contributed by atoms with Gasteiger partial charge in [-0.05, 0) is 64.0 Å². The van der Waals surface area contributed by atoms with Crippen molar-refractivity contribution in [2.24, 2.45) is 5.92 Å². The van der Waals surface area contributed by atoms with Crippen molar-refractivity contribution in [1.82, 2.24) is 15.2 Å². The normalized spacial score (nSPS) is 25.0. The second-order valence-electron chi connectivity index (χ2n) is 7.84. The van der Waals surface area contributed by atoms with Gasteiger partial charge in [-0.2, -0.15) is 0 Å². The Kier molecular flexibility index (Phi) is 5.22. The number of pyridine rings is 1. The van der Waals surface area contributed by atoms with Crippen molar-refractivity contribution in [3.8, 4) is 0 Å². The molecule has 4 amide bonds. The molecule has 27 heavy (non-hydrogen) atoms. The van der Waals surface area contributed by atoms with Crippen LogP contribution in [-0.4, -0.2) is 39.8 Å². The van der Waals surface area contributed by atoms with Gasteiger partial charge in [-0.3, -0.25) is 19.5 Å². The topological polar surface area (TPSA) is 91.4 Å². The van der Waals surface area contributed by atoms with Gasteiger partial charge in [0.25, 0.3) is 5.91 Å². The Morgan fingerprint density at radius 2 is 1.96 bits per heavy atom. The summed E-state index contributed by atoms with van der Waals surface area (Å²) in [5, 5.41) is 5.66. The lowest BCUT2D eigenvalue weighted by Crippen LogP contribution is -2.49. The second-order valence-corrected chi connectivity index (χ2v) is 7.84. The Morgan fingerprint density at radius 1 is 1.30 bits per heavy atom. The van der Waals surface area contributed by atoms with Gasteiger partial charge in [-0.25, -0.2) is 4.79 Å². The van der Waals surface area contributed by atoms with Crippen molar-refractivity contribution in [1.29, 1.82) is 0 Å². The maximum absolute atomic E-state index is 12.9. The van der Waals surface area contributed by atoms with Crippen LogP contribution in [0.1, 0.15) is 56.0 Å². The van der Waals surface area contributed by atoms with Gasteiger partial charge in [-0.1, -0.05) is 13.3 Å². The second kappa shape index (κ2) is 7.29. The van der Waals surface area contributed by atoms with Gasteiger partial charge in [0.15, 0.2) is 0 Å². The van der Waals surface area contributed by atoms with Crippen LogP contribution in [-0.2, 0) is 9.59 Å². The number of carbonyl (C=O) groups is 3. The predicted molar refractivity (Wildman–Crippen MR) is 102 cm³/mol. The summed E-state index contributed by atoms with van der Waals surface area (Å²) in [7, 11) is 0. The molecule has 2 N–H and O–H groups in total. The number of nitrogens with one attached hydrogen (secondary N) is 2. The third kappa shape index (κ3) is 3.68. The lowest BCUT2D eigenvalue weighted by atomic mass is 9.75. The monoisotopic (exact) mass is 372 g/mol. The fourth-order valence-corrected chi connectivity index (χ4v) is 4.27. The van der Waals surface area contributed by atoms with Gasteiger partial charge in [0.1, 0.15) is 12.1 Å². The summed E-state index contributed by atoms with van der Waals surface area (Å²) in [6, 6.07) is 1.41. The lowest BCUT2D eigenvalue weighted by Gasteiger charge is -2.34. The molecular formula is C20H28N4O3. The number of aromatic nitrogens is 1. The summed E-state index contributed by atoms with van der Waals surface area (Å²) >= 11 is 0. The Bertz CT molecular complexity index is 758. The number of nitrogens with zero attached hydrogens (tertiary/aromatic N) is 2. The SMILES string of the molecule is CCC1CCC2(CC1)NC(=O)N(CC(=O)Nc1c(C)cc(C)nc1C)C2=O. The van der Waals surface area contributed by atoms with Gasteiger partial charge < -0.3 is 10.6 Å². The fourth-order valence-electron chi connectivity index (χ4n) is 4.27. The molecule has 1 spiro atoms. The number of imide groups is 1. The number of hydrogen-bond donors (Lipinski definition) is 2. The molecule has 1 aliphatic heterocycles. The lowest BCUT2D eigenvalue weighted by molar-refractivity contribution is -0.135. The Balaban J connectivity index is 1.68. The number of carbonyl (C=O) groups excluding carboxylic acids is 3. The molecule has 7 heteroatoms. The Labute approximate surface area is 159 Å². The molecular weight excluding hydrogens is 344 g/mol. The minimum atomic E-state index is -0.819. The van der Waals surface area contributed by atoms with Crippen LogP contribution in [0.2, 0.25) is 0 Å². The van der Waals surface area contributed by atoms with E-state index in [0.717, 1.165) is 35.4 Å². The van der Waals surface area contributed by atoms with Crippen LogP contribution in [0.4, 0.5) is 10.5 Å². The number of urea groups is 1. The third-order valence-electron chi connectivity index (χ3n) is 5.87. The number of rotatable bonds is 4. The number of amides is 4. The van der Waals surface area contributed by atoms with Crippen molar-refractivity contribution >= 4 is 23.5 Å². The van der Waals surface area contributed by atoms with E-state index in [4.69, 9.17) is 0 Å².